The van der Waals surface area contributed by atoms with Crippen LogP contribution in [0.3, 0.4) is 0 Å². The summed E-state index contributed by atoms with van der Waals surface area (Å²) in [6.07, 6.45) is -22.1. The van der Waals surface area contributed by atoms with Crippen molar-refractivity contribution in [1.29, 1.82) is 0 Å². The molecule has 22 heavy (non-hydrogen) atoms. The Hall–Kier alpha value is -1.02. The van der Waals surface area contributed by atoms with Gasteiger partial charge in [0, 0.05) is 0 Å². The monoisotopic (exact) mass is 366 g/mol. The van der Waals surface area contributed by atoms with E-state index in [0.29, 0.717) is 0 Å². The van der Waals surface area contributed by atoms with Gasteiger partial charge in [0.25, 0.3) is 0 Å². The van der Waals surface area contributed by atoms with Gasteiger partial charge >= 0.3 is 41.8 Å². The van der Waals surface area contributed by atoms with Gasteiger partial charge in [0.1, 0.15) is 0 Å². The maximum Gasteiger partial charge on any atom is 0.457 e. The molecule has 15 heteroatoms. The minimum Gasteiger partial charge on any atom is -0.287 e. The average molecular weight is 366 g/mol. The van der Waals surface area contributed by atoms with Crippen LogP contribution in [0.5, 0.6) is 0 Å². The van der Waals surface area contributed by atoms with Gasteiger partial charge in [0.05, 0.1) is 0 Å². The van der Waals surface area contributed by atoms with Crippen LogP contribution in [-0.2, 0) is 4.74 Å². The molecule has 1 heterocycles. The summed E-state index contributed by atoms with van der Waals surface area (Å²) >= 11 is 0. The SMILES string of the molecule is FC(F)(F)C(F)(F)C1(C(F)(F)F)OC(F)(F)C(F)(F)C1(F)F. The third-order valence-electron chi connectivity index (χ3n) is 2.68. The van der Waals surface area contributed by atoms with Crippen molar-refractivity contribution in [2.24, 2.45) is 0 Å². The molecule has 0 aromatic carbocycles. The first kappa shape index (κ1) is 19.0. The molecule has 1 fully saturated rings. The quantitative estimate of drug-likeness (QED) is 0.626. The fourth-order valence-electron chi connectivity index (χ4n) is 1.60. The van der Waals surface area contributed by atoms with Gasteiger partial charge in [-0.25, -0.2) is 0 Å². The van der Waals surface area contributed by atoms with Gasteiger partial charge < -0.3 is 0 Å². The zero-order valence-electron chi connectivity index (χ0n) is 9.20. The third-order valence-corrected chi connectivity index (χ3v) is 2.68. The number of rotatable bonds is 1. The van der Waals surface area contributed by atoms with Crippen LogP contribution in [-0.4, -0.2) is 41.8 Å². The Morgan fingerprint density at radius 1 is 0.591 bits per heavy atom. The Labute approximate surface area is 109 Å². The highest BCUT2D eigenvalue weighted by Gasteiger charge is 3.02. The van der Waals surface area contributed by atoms with Crippen LogP contribution in [0.1, 0.15) is 0 Å². The van der Waals surface area contributed by atoms with Crippen LogP contribution >= 0.6 is 0 Å². The van der Waals surface area contributed by atoms with E-state index in [1.165, 1.54) is 0 Å². The maximum absolute atomic E-state index is 13.0. The first-order valence-electron chi connectivity index (χ1n) is 4.55. The van der Waals surface area contributed by atoms with E-state index >= 15 is 0 Å². The molecule has 0 aliphatic carbocycles. The standard InChI is InChI=1S/C7F14O/c8-2(9)1(5(14,15)16,3(10,11)6(17,18)19)22-7(20,21)4(2,12)13. The first-order valence-corrected chi connectivity index (χ1v) is 4.55. The molecule has 0 spiro atoms. The van der Waals surface area contributed by atoms with Gasteiger partial charge in [-0.15, -0.1) is 0 Å². The van der Waals surface area contributed by atoms with Gasteiger partial charge in [0.15, 0.2) is 0 Å². The van der Waals surface area contributed by atoms with Crippen molar-refractivity contribution in [3.63, 3.8) is 0 Å². The maximum atomic E-state index is 13.0. The van der Waals surface area contributed by atoms with Gasteiger partial charge in [-0.3, -0.25) is 4.74 Å². The Kier molecular flexibility index (Phi) is 3.53. The Morgan fingerprint density at radius 2 is 0.955 bits per heavy atom. The summed E-state index contributed by atoms with van der Waals surface area (Å²) in [5.41, 5.74) is -7.52. The van der Waals surface area contributed by atoms with E-state index < -0.39 is 41.8 Å². The van der Waals surface area contributed by atoms with Gasteiger partial charge in [-0.2, -0.15) is 61.5 Å². The summed E-state index contributed by atoms with van der Waals surface area (Å²) in [6, 6.07) is 0. The molecule has 0 aromatic heterocycles. The van der Waals surface area contributed by atoms with Crippen molar-refractivity contribution >= 4 is 0 Å². The number of hydrogen-bond donors (Lipinski definition) is 0. The largest absolute Gasteiger partial charge is 0.457 e. The van der Waals surface area contributed by atoms with Crippen LogP contribution in [0.25, 0.3) is 0 Å². The number of hydrogen-bond acceptors (Lipinski definition) is 1. The molecule has 1 nitrogen and oxygen atoms in total. The molecule has 1 aliphatic rings. The molecule has 1 aliphatic heterocycles. The lowest BCUT2D eigenvalue weighted by Gasteiger charge is -2.40. The molecule has 1 rings (SSSR count). The minimum atomic E-state index is -7.81. The third kappa shape index (κ3) is 1.76. The van der Waals surface area contributed by atoms with E-state index in [9.17, 15) is 61.5 Å². The highest BCUT2D eigenvalue weighted by molar-refractivity contribution is 5.23. The molecule has 0 amide bonds. The number of alkyl halides is 14. The molecule has 0 radical (unpaired) electrons. The predicted molar refractivity (Wildman–Crippen MR) is 35.7 cm³/mol. The zero-order valence-corrected chi connectivity index (χ0v) is 9.20. The van der Waals surface area contributed by atoms with E-state index in [4.69, 9.17) is 0 Å². The van der Waals surface area contributed by atoms with E-state index in [1.54, 1.807) is 4.74 Å². The van der Waals surface area contributed by atoms with Crippen molar-refractivity contribution in [3.8, 4) is 0 Å². The fraction of sp³-hybridized carbons (Fsp3) is 1.00. The second-order valence-corrected chi connectivity index (χ2v) is 4.02. The summed E-state index contributed by atoms with van der Waals surface area (Å²) in [4.78, 5) is 0. The van der Waals surface area contributed by atoms with Crippen LogP contribution in [0.15, 0.2) is 0 Å². The molecule has 0 aromatic rings. The van der Waals surface area contributed by atoms with Crippen molar-refractivity contribution in [2.45, 2.75) is 41.8 Å². The summed E-state index contributed by atoms with van der Waals surface area (Å²) in [6.45, 7) is 0. The first-order chi connectivity index (χ1) is 9.21. The Balaban J connectivity index is 3.87. The van der Waals surface area contributed by atoms with E-state index in [-0.39, 0.29) is 0 Å². The predicted octanol–water partition coefficient (Wildman–Crippen LogP) is 4.38. The molecule has 1 saturated heterocycles. The Morgan fingerprint density at radius 3 is 1.14 bits per heavy atom. The molecule has 1 atom stereocenters. The normalized spacial score (nSPS) is 31.4. The smallest absolute Gasteiger partial charge is 0.287 e. The molecule has 0 N–H and O–H groups in total. The van der Waals surface area contributed by atoms with Crippen molar-refractivity contribution in [3.05, 3.63) is 0 Å². The fourth-order valence-corrected chi connectivity index (χ4v) is 1.60. The van der Waals surface area contributed by atoms with E-state index in [1.807, 2.05) is 0 Å². The molecule has 132 valence electrons. The number of ether oxygens (including phenoxy) is 1. The number of halogens is 14. The lowest BCUT2D eigenvalue weighted by molar-refractivity contribution is -0.455. The average Bonchev–Trinajstić information content (AvgIpc) is 2.31. The highest BCUT2D eigenvalue weighted by Crippen LogP contribution is 2.70. The van der Waals surface area contributed by atoms with Crippen LogP contribution < -0.4 is 0 Å². The molecular weight excluding hydrogens is 366 g/mol. The van der Waals surface area contributed by atoms with E-state index in [2.05, 4.69) is 0 Å². The summed E-state index contributed by atoms with van der Waals surface area (Å²) in [5, 5.41) is 0. The zero-order chi connectivity index (χ0) is 18.2. The lowest BCUT2D eigenvalue weighted by Crippen LogP contribution is -2.73. The van der Waals surface area contributed by atoms with E-state index in [0.717, 1.165) is 0 Å². The molecular formula is C7F14O. The molecule has 0 saturated carbocycles. The van der Waals surface area contributed by atoms with Crippen molar-refractivity contribution in [1.82, 2.24) is 0 Å². The summed E-state index contributed by atoms with van der Waals surface area (Å²) in [7, 11) is 0. The molecule has 0 bridgehead atoms. The van der Waals surface area contributed by atoms with Gasteiger partial charge in [-0.1, -0.05) is 0 Å². The second kappa shape index (κ2) is 4.08. The minimum absolute atomic E-state index is 1.69. The summed E-state index contributed by atoms with van der Waals surface area (Å²) < 4.78 is 177. The van der Waals surface area contributed by atoms with Crippen molar-refractivity contribution < 1.29 is 66.2 Å². The lowest BCUT2D eigenvalue weighted by atomic mass is 9.85. The van der Waals surface area contributed by atoms with Crippen molar-refractivity contribution in [2.75, 3.05) is 0 Å². The highest BCUT2D eigenvalue weighted by atomic mass is 19.4. The van der Waals surface area contributed by atoms with Crippen LogP contribution in [0, 0.1) is 0 Å². The van der Waals surface area contributed by atoms with Gasteiger partial charge in [0.2, 0.25) is 0 Å². The van der Waals surface area contributed by atoms with Crippen LogP contribution in [0.2, 0.25) is 0 Å². The Bertz CT molecular complexity index is 457. The van der Waals surface area contributed by atoms with Gasteiger partial charge in [-0.05, 0) is 0 Å². The summed E-state index contributed by atoms with van der Waals surface area (Å²) in [5.74, 6) is -22.7. The topological polar surface area (TPSA) is 9.23 Å². The van der Waals surface area contributed by atoms with Crippen LogP contribution in [0.4, 0.5) is 61.5 Å². The molecule has 1 unspecified atom stereocenters. The second-order valence-electron chi connectivity index (χ2n) is 4.02.